The lowest BCUT2D eigenvalue weighted by atomic mass is 9.83. The van der Waals surface area contributed by atoms with E-state index in [-0.39, 0.29) is 0 Å². The van der Waals surface area contributed by atoms with Gasteiger partial charge in [-0.1, -0.05) is 78.9 Å². The molecule has 37 heavy (non-hydrogen) atoms. The van der Waals surface area contributed by atoms with Gasteiger partial charge in [0, 0.05) is 22.3 Å². The predicted molar refractivity (Wildman–Crippen MR) is 158 cm³/mol. The van der Waals surface area contributed by atoms with Gasteiger partial charge in [-0.25, -0.2) is 0 Å². The molecule has 0 unspecified atom stereocenters. The van der Waals surface area contributed by atoms with Crippen LogP contribution in [0.15, 0.2) is 97.1 Å². The number of hydrogen-bond donors (Lipinski definition) is 0. The van der Waals surface area contributed by atoms with Gasteiger partial charge in [-0.2, -0.15) is 0 Å². The van der Waals surface area contributed by atoms with E-state index in [0.717, 1.165) is 12.8 Å². The summed E-state index contributed by atoms with van der Waals surface area (Å²) >= 11 is 0. The Morgan fingerprint density at radius 3 is 2.05 bits per heavy atom. The lowest BCUT2D eigenvalue weighted by molar-refractivity contribution is 0.694. The van der Waals surface area contributed by atoms with E-state index in [1.165, 1.54) is 86.2 Å². The summed E-state index contributed by atoms with van der Waals surface area (Å²) in [5.74, 6) is 0. The Morgan fingerprint density at radius 2 is 1.22 bits per heavy atom. The molecule has 1 aromatic heterocycles. The maximum absolute atomic E-state index is 2.49. The van der Waals surface area contributed by atoms with Gasteiger partial charge in [-0.05, 0) is 107 Å². The van der Waals surface area contributed by atoms with Crippen molar-refractivity contribution in [1.82, 2.24) is 4.57 Å². The third-order valence-corrected chi connectivity index (χ3v) is 8.64. The van der Waals surface area contributed by atoms with Crippen LogP contribution in [0.2, 0.25) is 0 Å². The van der Waals surface area contributed by atoms with Gasteiger partial charge in [-0.15, -0.1) is 0 Å². The minimum Gasteiger partial charge on any atom is -0.313 e. The van der Waals surface area contributed by atoms with Crippen molar-refractivity contribution in [2.75, 3.05) is 0 Å². The van der Waals surface area contributed by atoms with Crippen LogP contribution >= 0.6 is 0 Å². The molecular formula is C36H29N. The molecule has 0 atom stereocenters. The topological polar surface area (TPSA) is 4.93 Å². The zero-order chi connectivity index (χ0) is 24.3. The van der Waals surface area contributed by atoms with E-state index < -0.39 is 0 Å². The van der Waals surface area contributed by atoms with Gasteiger partial charge < -0.3 is 4.57 Å². The molecule has 2 aliphatic carbocycles. The SMILES string of the molecule is C1=Cc2c(n(-c3ccccc3)c3cc(-c4ccc5c(c4)c4c(c6ccccc65)CCCC4)ccc23)CC1. The van der Waals surface area contributed by atoms with E-state index in [0.29, 0.717) is 0 Å². The highest BCUT2D eigenvalue weighted by molar-refractivity contribution is 6.12. The zero-order valence-electron chi connectivity index (χ0n) is 21.0. The highest BCUT2D eigenvalue weighted by Crippen LogP contribution is 2.40. The predicted octanol–water partition coefficient (Wildman–Crippen LogP) is 9.44. The van der Waals surface area contributed by atoms with Gasteiger partial charge >= 0.3 is 0 Å². The van der Waals surface area contributed by atoms with Gasteiger partial charge in [0.05, 0.1) is 5.52 Å². The number of allylic oxidation sites excluding steroid dienone is 1. The molecule has 0 aliphatic heterocycles. The van der Waals surface area contributed by atoms with Gasteiger partial charge in [0.25, 0.3) is 0 Å². The second-order valence-corrected chi connectivity index (χ2v) is 10.7. The van der Waals surface area contributed by atoms with E-state index in [9.17, 15) is 0 Å². The van der Waals surface area contributed by atoms with Crippen LogP contribution in [-0.4, -0.2) is 4.57 Å². The summed E-state index contributed by atoms with van der Waals surface area (Å²) in [6.45, 7) is 0. The fourth-order valence-electron chi connectivity index (χ4n) is 6.96. The van der Waals surface area contributed by atoms with Crippen LogP contribution in [-0.2, 0) is 19.3 Å². The Labute approximate surface area is 217 Å². The standard InChI is InChI=1S/C36H29N/c1-2-10-26(11-3-1)37-35-17-9-8-16-32(35)33-21-19-25(23-36(33)37)24-18-20-31-29-14-5-4-12-27(29)28-13-6-7-15-30(28)34(31)22-24/h1-5,8,10-12,14,16,18-23H,6-7,9,13,15,17H2. The highest BCUT2D eigenvalue weighted by atomic mass is 15.0. The van der Waals surface area contributed by atoms with Crippen molar-refractivity contribution in [2.24, 2.45) is 0 Å². The first-order valence-corrected chi connectivity index (χ1v) is 13.7. The fraction of sp³-hybridized carbons (Fsp3) is 0.167. The van der Waals surface area contributed by atoms with Gasteiger partial charge in [0.1, 0.15) is 0 Å². The van der Waals surface area contributed by atoms with Crippen LogP contribution in [0.1, 0.15) is 41.6 Å². The molecule has 5 aromatic carbocycles. The van der Waals surface area contributed by atoms with Crippen LogP contribution in [0, 0.1) is 0 Å². The molecule has 0 saturated carbocycles. The molecule has 0 amide bonds. The van der Waals surface area contributed by atoms with Crippen LogP contribution in [0.3, 0.4) is 0 Å². The fourth-order valence-corrected chi connectivity index (χ4v) is 6.96. The van der Waals surface area contributed by atoms with E-state index in [4.69, 9.17) is 0 Å². The first-order chi connectivity index (χ1) is 18.4. The lowest BCUT2D eigenvalue weighted by Crippen LogP contribution is -2.04. The van der Waals surface area contributed by atoms with E-state index >= 15 is 0 Å². The van der Waals surface area contributed by atoms with Crippen LogP contribution in [0.5, 0.6) is 0 Å². The normalized spacial score (nSPS) is 14.8. The molecule has 0 spiro atoms. The molecule has 6 aromatic rings. The number of rotatable bonds is 2. The summed E-state index contributed by atoms with van der Waals surface area (Å²) in [7, 11) is 0. The highest BCUT2D eigenvalue weighted by Gasteiger charge is 2.20. The number of nitrogens with zero attached hydrogens (tertiary/aromatic N) is 1. The molecule has 2 aliphatic rings. The number of fused-ring (bicyclic) bond motifs is 9. The smallest absolute Gasteiger partial charge is 0.0543 e. The molecule has 0 fully saturated rings. The Morgan fingerprint density at radius 1 is 0.541 bits per heavy atom. The summed E-state index contributed by atoms with van der Waals surface area (Å²) in [5, 5.41) is 7.06. The van der Waals surface area contributed by atoms with E-state index in [1.54, 1.807) is 11.1 Å². The maximum atomic E-state index is 2.49. The van der Waals surface area contributed by atoms with Gasteiger partial charge in [0.15, 0.2) is 0 Å². The number of hydrogen-bond acceptors (Lipinski definition) is 0. The Balaban J connectivity index is 1.38. The third-order valence-electron chi connectivity index (χ3n) is 8.64. The van der Waals surface area contributed by atoms with Crippen LogP contribution in [0.25, 0.3) is 55.3 Å². The molecule has 0 N–H and O–H groups in total. The average Bonchev–Trinajstić information content (AvgIpc) is 3.31. The summed E-state index contributed by atoms with van der Waals surface area (Å²) in [6, 6.07) is 34.2. The number of aromatic nitrogens is 1. The Kier molecular flexibility index (Phi) is 4.67. The van der Waals surface area contributed by atoms with Crippen molar-refractivity contribution >= 4 is 38.5 Å². The number of para-hydroxylation sites is 1. The van der Waals surface area contributed by atoms with Crippen molar-refractivity contribution in [3.8, 4) is 16.8 Å². The summed E-state index contributed by atoms with van der Waals surface area (Å²) in [4.78, 5) is 0. The molecule has 178 valence electrons. The van der Waals surface area contributed by atoms with E-state index in [2.05, 4.69) is 108 Å². The van der Waals surface area contributed by atoms with E-state index in [1.807, 2.05) is 0 Å². The molecule has 8 rings (SSSR count). The largest absolute Gasteiger partial charge is 0.313 e. The monoisotopic (exact) mass is 475 g/mol. The maximum Gasteiger partial charge on any atom is 0.0543 e. The van der Waals surface area contributed by atoms with Crippen molar-refractivity contribution in [2.45, 2.75) is 38.5 Å². The molecule has 0 saturated heterocycles. The van der Waals surface area contributed by atoms with Gasteiger partial charge in [0.2, 0.25) is 0 Å². The van der Waals surface area contributed by atoms with Crippen molar-refractivity contribution in [3.05, 3.63) is 119 Å². The molecular weight excluding hydrogens is 446 g/mol. The molecule has 1 nitrogen and oxygen atoms in total. The molecule has 1 heteroatoms. The van der Waals surface area contributed by atoms with Gasteiger partial charge in [-0.3, -0.25) is 0 Å². The molecule has 0 bridgehead atoms. The summed E-state index contributed by atoms with van der Waals surface area (Å²) in [5.41, 5.74) is 11.1. The number of benzene rings is 5. The zero-order valence-corrected chi connectivity index (χ0v) is 21.0. The minimum atomic E-state index is 1.08. The second-order valence-electron chi connectivity index (χ2n) is 10.7. The van der Waals surface area contributed by atoms with Crippen molar-refractivity contribution in [3.63, 3.8) is 0 Å². The first kappa shape index (κ1) is 21.0. The lowest BCUT2D eigenvalue weighted by Gasteiger charge is -2.22. The molecule has 1 heterocycles. The second kappa shape index (κ2) is 8.21. The van der Waals surface area contributed by atoms with Crippen molar-refractivity contribution < 1.29 is 0 Å². The van der Waals surface area contributed by atoms with Crippen LogP contribution < -0.4 is 0 Å². The summed E-state index contributed by atoms with van der Waals surface area (Å²) < 4.78 is 2.49. The van der Waals surface area contributed by atoms with Crippen LogP contribution in [0.4, 0.5) is 0 Å². The Hall–Kier alpha value is -4.10. The first-order valence-electron chi connectivity index (χ1n) is 13.7. The number of aryl methyl sites for hydroxylation is 2. The molecule has 0 radical (unpaired) electrons. The van der Waals surface area contributed by atoms with Crippen molar-refractivity contribution in [1.29, 1.82) is 0 Å². The summed E-state index contributed by atoms with van der Waals surface area (Å²) in [6.07, 6.45) is 11.8. The minimum absolute atomic E-state index is 1.08. The third kappa shape index (κ3) is 3.17. The quantitative estimate of drug-likeness (QED) is 0.220. The average molecular weight is 476 g/mol. The Bertz CT molecular complexity index is 1870.